The molecule has 2 amide bonds. The SMILES string of the molecule is COc1ccc(-c2cc(C(=O)N3CCCC[C@@H]3c3ncc(C(N)=O)c(C)n3)nn2C)cc1. The zero-order valence-corrected chi connectivity index (χ0v) is 18.4. The van der Waals surface area contributed by atoms with E-state index in [1.54, 1.807) is 29.7 Å². The molecule has 1 aliphatic rings. The number of nitrogens with zero attached hydrogens (tertiary/aromatic N) is 5. The van der Waals surface area contributed by atoms with Crippen LogP contribution < -0.4 is 10.5 Å². The van der Waals surface area contributed by atoms with Crippen molar-refractivity contribution in [1.29, 1.82) is 0 Å². The summed E-state index contributed by atoms with van der Waals surface area (Å²) in [4.78, 5) is 35.6. The van der Waals surface area contributed by atoms with Crippen LogP contribution in [0.1, 0.15) is 57.7 Å². The minimum Gasteiger partial charge on any atom is -0.497 e. The van der Waals surface area contributed by atoms with Gasteiger partial charge in [-0.05, 0) is 56.5 Å². The van der Waals surface area contributed by atoms with E-state index in [0.717, 1.165) is 36.3 Å². The molecule has 9 nitrogen and oxygen atoms in total. The Hall–Kier alpha value is -3.75. The summed E-state index contributed by atoms with van der Waals surface area (Å²) < 4.78 is 6.92. The molecule has 3 heterocycles. The Morgan fingerprint density at radius 1 is 1.19 bits per heavy atom. The maximum atomic E-state index is 13.4. The van der Waals surface area contributed by atoms with Gasteiger partial charge in [0.15, 0.2) is 11.5 Å². The summed E-state index contributed by atoms with van der Waals surface area (Å²) in [5.74, 6) is 0.559. The van der Waals surface area contributed by atoms with Crippen LogP contribution in [-0.2, 0) is 7.05 Å². The molecule has 0 unspecified atom stereocenters. The van der Waals surface area contributed by atoms with Gasteiger partial charge in [-0.1, -0.05) is 0 Å². The molecule has 1 atom stereocenters. The van der Waals surface area contributed by atoms with E-state index in [-0.39, 0.29) is 17.5 Å². The molecule has 0 bridgehead atoms. The number of rotatable bonds is 5. The summed E-state index contributed by atoms with van der Waals surface area (Å²) in [5.41, 5.74) is 8.32. The third-order valence-corrected chi connectivity index (χ3v) is 5.81. The molecule has 0 aliphatic carbocycles. The number of aryl methyl sites for hydroxylation is 2. The molecular weight excluding hydrogens is 408 g/mol. The van der Waals surface area contributed by atoms with Crippen LogP contribution in [0.5, 0.6) is 5.75 Å². The first kappa shape index (κ1) is 21.5. The fourth-order valence-electron chi connectivity index (χ4n) is 4.08. The first-order chi connectivity index (χ1) is 15.4. The van der Waals surface area contributed by atoms with Crippen molar-refractivity contribution in [3.05, 3.63) is 59.3 Å². The van der Waals surface area contributed by atoms with Crippen LogP contribution in [0.3, 0.4) is 0 Å². The number of primary amides is 1. The largest absolute Gasteiger partial charge is 0.497 e. The Morgan fingerprint density at radius 2 is 1.94 bits per heavy atom. The molecule has 2 aromatic heterocycles. The molecule has 1 saturated heterocycles. The number of aromatic nitrogens is 4. The third-order valence-electron chi connectivity index (χ3n) is 5.81. The smallest absolute Gasteiger partial charge is 0.274 e. The molecular formula is C23H26N6O3. The zero-order valence-electron chi connectivity index (χ0n) is 18.4. The van der Waals surface area contributed by atoms with Crippen LogP contribution in [0.25, 0.3) is 11.3 Å². The lowest BCUT2D eigenvalue weighted by molar-refractivity contribution is 0.0592. The van der Waals surface area contributed by atoms with E-state index in [4.69, 9.17) is 10.5 Å². The summed E-state index contributed by atoms with van der Waals surface area (Å²) >= 11 is 0. The summed E-state index contributed by atoms with van der Waals surface area (Å²) in [7, 11) is 3.44. The van der Waals surface area contributed by atoms with E-state index in [0.29, 0.717) is 23.8 Å². The van der Waals surface area contributed by atoms with E-state index in [9.17, 15) is 9.59 Å². The fourth-order valence-corrected chi connectivity index (χ4v) is 4.08. The van der Waals surface area contributed by atoms with Gasteiger partial charge in [0, 0.05) is 25.4 Å². The van der Waals surface area contributed by atoms with Crippen LogP contribution in [0.4, 0.5) is 0 Å². The normalized spacial score (nSPS) is 16.1. The zero-order chi connectivity index (χ0) is 22.8. The average Bonchev–Trinajstić information content (AvgIpc) is 3.20. The molecule has 0 saturated carbocycles. The minimum absolute atomic E-state index is 0.162. The van der Waals surface area contributed by atoms with E-state index in [1.807, 2.05) is 31.3 Å². The molecule has 0 radical (unpaired) electrons. The molecule has 32 heavy (non-hydrogen) atoms. The van der Waals surface area contributed by atoms with E-state index < -0.39 is 5.91 Å². The van der Waals surface area contributed by atoms with Crippen molar-refractivity contribution in [1.82, 2.24) is 24.6 Å². The highest BCUT2D eigenvalue weighted by Gasteiger charge is 2.32. The predicted molar refractivity (Wildman–Crippen MR) is 118 cm³/mol. The molecule has 3 aromatic rings. The van der Waals surface area contributed by atoms with Gasteiger partial charge in [-0.15, -0.1) is 0 Å². The minimum atomic E-state index is -0.565. The van der Waals surface area contributed by atoms with Gasteiger partial charge in [0.2, 0.25) is 0 Å². The second-order valence-corrected chi connectivity index (χ2v) is 7.87. The van der Waals surface area contributed by atoms with Crippen LogP contribution >= 0.6 is 0 Å². The highest BCUT2D eigenvalue weighted by Crippen LogP contribution is 2.31. The molecule has 2 N–H and O–H groups in total. The number of carbonyl (C=O) groups is 2. The van der Waals surface area contributed by atoms with Gasteiger partial charge in [-0.3, -0.25) is 14.3 Å². The number of methoxy groups -OCH3 is 1. The Morgan fingerprint density at radius 3 is 2.59 bits per heavy atom. The Kier molecular flexibility index (Phi) is 5.89. The summed E-state index contributed by atoms with van der Waals surface area (Å²) in [6.45, 7) is 2.32. The first-order valence-corrected chi connectivity index (χ1v) is 10.5. The number of ether oxygens (including phenoxy) is 1. The lowest BCUT2D eigenvalue weighted by atomic mass is 10.0. The average molecular weight is 435 g/mol. The topological polar surface area (TPSA) is 116 Å². The van der Waals surface area contributed by atoms with Crippen molar-refractivity contribution >= 4 is 11.8 Å². The van der Waals surface area contributed by atoms with Crippen LogP contribution in [0.2, 0.25) is 0 Å². The number of hydrogen-bond donors (Lipinski definition) is 1. The van der Waals surface area contributed by atoms with Crippen molar-refractivity contribution in [2.75, 3.05) is 13.7 Å². The summed E-state index contributed by atoms with van der Waals surface area (Å²) in [6, 6.07) is 9.15. The Bertz CT molecular complexity index is 1160. The van der Waals surface area contributed by atoms with Gasteiger partial charge >= 0.3 is 0 Å². The van der Waals surface area contributed by atoms with Gasteiger partial charge in [0.05, 0.1) is 30.1 Å². The Balaban J connectivity index is 1.62. The number of nitrogens with two attached hydrogens (primary N) is 1. The lowest BCUT2D eigenvalue weighted by Gasteiger charge is -2.34. The maximum Gasteiger partial charge on any atom is 0.274 e. The second kappa shape index (κ2) is 8.78. The van der Waals surface area contributed by atoms with Crippen molar-refractivity contribution in [3.8, 4) is 17.0 Å². The monoisotopic (exact) mass is 434 g/mol. The first-order valence-electron chi connectivity index (χ1n) is 10.5. The quantitative estimate of drug-likeness (QED) is 0.660. The van der Waals surface area contributed by atoms with Crippen LogP contribution in [0, 0.1) is 6.92 Å². The number of hydrogen-bond acceptors (Lipinski definition) is 6. The van der Waals surface area contributed by atoms with E-state index in [1.165, 1.54) is 6.20 Å². The van der Waals surface area contributed by atoms with Crippen molar-refractivity contribution in [3.63, 3.8) is 0 Å². The van der Waals surface area contributed by atoms with Gasteiger partial charge < -0.3 is 15.4 Å². The number of amides is 2. The standard InChI is InChI=1S/C23H26N6O3/c1-14-17(21(24)30)13-25-22(26-14)19-6-4-5-11-29(19)23(31)18-12-20(28(2)27-18)15-7-9-16(32-3)10-8-15/h7-10,12-13,19H,4-6,11H2,1-3H3,(H2,24,30)/t19-/m1/s1. The molecule has 9 heteroatoms. The number of piperidine rings is 1. The highest BCUT2D eigenvalue weighted by molar-refractivity contribution is 5.94. The van der Waals surface area contributed by atoms with Gasteiger partial charge in [0.25, 0.3) is 11.8 Å². The summed E-state index contributed by atoms with van der Waals surface area (Å²) in [5, 5.41) is 4.48. The van der Waals surface area contributed by atoms with Gasteiger partial charge in [-0.2, -0.15) is 5.10 Å². The molecule has 4 rings (SSSR count). The number of benzene rings is 1. The molecule has 1 aromatic carbocycles. The number of carbonyl (C=O) groups excluding carboxylic acids is 2. The maximum absolute atomic E-state index is 13.4. The molecule has 0 spiro atoms. The van der Waals surface area contributed by atoms with Crippen molar-refractivity contribution in [2.24, 2.45) is 12.8 Å². The van der Waals surface area contributed by atoms with Crippen LogP contribution in [0.15, 0.2) is 36.5 Å². The van der Waals surface area contributed by atoms with Crippen LogP contribution in [-0.4, -0.2) is 50.1 Å². The third kappa shape index (κ3) is 4.05. The Labute approximate surface area is 186 Å². The summed E-state index contributed by atoms with van der Waals surface area (Å²) in [6.07, 6.45) is 4.06. The molecule has 1 fully saturated rings. The van der Waals surface area contributed by atoms with Gasteiger partial charge in [0.1, 0.15) is 5.75 Å². The van der Waals surface area contributed by atoms with E-state index in [2.05, 4.69) is 15.1 Å². The van der Waals surface area contributed by atoms with E-state index >= 15 is 0 Å². The molecule has 1 aliphatic heterocycles. The highest BCUT2D eigenvalue weighted by atomic mass is 16.5. The fraction of sp³-hybridized carbons (Fsp3) is 0.348. The lowest BCUT2D eigenvalue weighted by Crippen LogP contribution is -2.39. The predicted octanol–water partition coefficient (Wildman–Crippen LogP) is 2.66. The van der Waals surface area contributed by atoms with Crippen molar-refractivity contribution < 1.29 is 14.3 Å². The molecule has 166 valence electrons. The van der Waals surface area contributed by atoms with Crippen molar-refractivity contribution in [2.45, 2.75) is 32.2 Å². The number of likely N-dealkylation sites (tertiary alicyclic amines) is 1. The van der Waals surface area contributed by atoms with Gasteiger partial charge in [-0.25, -0.2) is 9.97 Å². The second-order valence-electron chi connectivity index (χ2n) is 7.87.